The van der Waals surface area contributed by atoms with Crippen molar-refractivity contribution in [3.63, 3.8) is 0 Å². The minimum atomic E-state index is -0.986. The van der Waals surface area contributed by atoms with E-state index in [4.69, 9.17) is 10.8 Å². The van der Waals surface area contributed by atoms with E-state index < -0.39 is 12.0 Å². The molecule has 0 aliphatic rings. The van der Waals surface area contributed by atoms with Crippen molar-refractivity contribution in [3.8, 4) is 0 Å². The zero-order chi connectivity index (χ0) is 13.0. The number of benzene rings is 2. The Bertz CT molecular complexity index is 549. The summed E-state index contributed by atoms with van der Waals surface area (Å²) in [6.07, 6.45) is 0. The molecule has 2 aromatic carbocycles. The Balaban J connectivity index is 2.06. The van der Waals surface area contributed by atoms with E-state index in [1.165, 1.54) is 10.8 Å². The minimum absolute atomic E-state index is 0.262. The fraction of sp³-hybridized carbons (Fsp3) is 0.214. The van der Waals surface area contributed by atoms with Crippen molar-refractivity contribution in [1.29, 1.82) is 0 Å². The van der Waals surface area contributed by atoms with Gasteiger partial charge in [0.15, 0.2) is 0 Å². The maximum absolute atomic E-state index is 10.6. The molecule has 94 valence electrons. The van der Waals surface area contributed by atoms with Crippen LogP contribution < -0.4 is 11.1 Å². The van der Waals surface area contributed by atoms with Crippen LogP contribution in [0.3, 0.4) is 0 Å². The van der Waals surface area contributed by atoms with Gasteiger partial charge in [0.05, 0.1) is 0 Å². The lowest BCUT2D eigenvalue weighted by atomic mass is 10.0. The first kappa shape index (κ1) is 12.5. The average molecular weight is 244 g/mol. The molecule has 0 amide bonds. The van der Waals surface area contributed by atoms with Gasteiger partial charge in [0, 0.05) is 13.1 Å². The Kier molecular flexibility index (Phi) is 3.92. The zero-order valence-corrected chi connectivity index (χ0v) is 9.97. The number of hydrogen-bond acceptors (Lipinski definition) is 3. The first-order valence-corrected chi connectivity index (χ1v) is 5.84. The molecule has 0 spiro atoms. The van der Waals surface area contributed by atoms with Crippen LogP contribution in [0.15, 0.2) is 42.5 Å². The molecule has 1 atom stereocenters. The predicted molar refractivity (Wildman–Crippen MR) is 71.3 cm³/mol. The average Bonchev–Trinajstić information content (AvgIpc) is 2.38. The second kappa shape index (κ2) is 5.62. The molecule has 0 saturated heterocycles. The largest absolute Gasteiger partial charge is 0.480 e. The normalized spacial score (nSPS) is 12.5. The molecule has 0 saturated carbocycles. The van der Waals surface area contributed by atoms with E-state index in [-0.39, 0.29) is 6.54 Å². The summed E-state index contributed by atoms with van der Waals surface area (Å²) in [5, 5.41) is 14.1. The highest BCUT2D eigenvalue weighted by Gasteiger charge is 2.10. The Hall–Kier alpha value is -1.91. The highest BCUT2D eigenvalue weighted by atomic mass is 16.4. The SMILES string of the molecule is NC(CNCc1cccc2ccccc12)C(=O)O. The lowest BCUT2D eigenvalue weighted by Crippen LogP contribution is -2.40. The summed E-state index contributed by atoms with van der Waals surface area (Å²) >= 11 is 0. The van der Waals surface area contributed by atoms with Gasteiger partial charge in [-0.25, -0.2) is 0 Å². The van der Waals surface area contributed by atoms with Crippen LogP contribution in [0.4, 0.5) is 0 Å². The van der Waals surface area contributed by atoms with Crippen molar-refractivity contribution in [2.45, 2.75) is 12.6 Å². The quantitative estimate of drug-likeness (QED) is 0.742. The maximum atomic E-state index is 10.6. The fourth-order valence-electron chi connectivity index (χ4n) is 1.90. The van der Waals surface area contributed by atoms with Gasteiger partial charge in [-0.05, 0) is 16.3 Å². The molecule has 4 N–H and O–H groups in total. The molecule has 18 heavy (non-hydrogen) atoms. The van der Waals surface area contributed by atoms with Crippen LogP contribution in [-0.2, 0) is 11.3 Å². The van der Waals surface area contributed by atoms with Gasteiger partial charge in [-0.3, -0.25) is 4.79 Å². The van der Waals surface area contributed by atoms with Gasteiger partial charge in [-0.15, -0.1) is 0 Å². The van der Waals surface area contributed by atoms with Gasteiger partial charge in [0.2, 0.25) is 0 Å². The van der Waals surface area contributed by atoms with Crippen molar-refractivity contribution < 1.29 is 9.90 Å². The second-order valence-corrected chi connectivity index (χ2v) is 4.21. The number of fused-ring (bicyclic) bond motifs is 1. The third-order valence-electron chi connectivity index (χ3n) is 2.88. The van der Waals surface area contributed by atoms with Gasteiger partial charge >= 0.3 is 5.97 Å². The molecule has 2 aromatic rings. The van der Waals surface area contributed by atoms with E-state index in [9.17, 15) is 4.79 Å². The molecule has 4 nitrogen and oxygen atoms in total. The number of rotatable bonds is 5. The zero-order valence-electron chi connectivity index (χ0n) is 9.97. The lowest BCUT2D eigenvalue weighted by Gasteiger charge is -2.10. The fourth-order valence-corrected chi connectivity index (χ4v) is 1.90. The molecular formula is C14H16N2O2. The smallest absolute Gasteiger partial charge is 0.321 e. The minimum Gasteiger partial charge on any atom is -0.480 e. The third-order valence-corrected chi connectivity index (χ3v) is 2.88. The molecule has 0 aliphatic carbocycles. The number of carboxylic acids is 1. The summed E-state index contributed by atoms with van der Waals surface area (Å²) in [6, 6.07) is 13.3. The standard InChI is InChI=1S/C14H16N2O2/c15-13(14(17)18)9-16-8-11-6-3-5-10-4-1-2-7-12(10)11/h1-7,13,16H,8-9,15H2,(H,17,18). The lowest BCUT2D eigenvalue weighted by molar-refractivity contribution is -0.138. The summed E-state index contributed by atoms with van der Waals surface area (Å²) in [7, 11) is 0. The third kappa shape index (κ3) is 2.85. The first-order chi connectivity index (χ1) is 8.68. The Labute approximate surface area is 105 Å². The van der Waals surface area contributed by atoms with Gasteiger partial charge in [0.25, 0.3) is 0 Å². The molecule has 0 fully saturated rings. The van der Waals surface area contributed by atoms with E-state index in [0.717, 1.165) is 5.56 Å². The van der Waals surface area contributed by atoms with Crippen LogP contribution in [0, 0.1) is 0 Å². The molecule has 4 heteroatoms. The van der Waals surface area contributed by atoms with Crippen molar-refractivity contribution in [3.05, 3.63) is 48.0 Å². The molecule has 0 heterocycles. The van der Waals surface area contributed by atoms with Gasteiger partial charge in [-0.2, -0.15) is 0 Å². The van der Waals surface area contributed by atoms with Crippen LogP contribution in [0.1, 0.15) is 5.56 Å². The summed E-state index contributed by atoms with van der Waals surface area (Å²) < 4.78 is 0. The second-order valence-electron chi connectivity index (χ2n) is 4.21. The molecular weight excluding hydrogens is 228 g/mol. The summed E-state index contributed by atoms with van der Waals surface area (Å²) in [4.78, 5) is 10.6. The van der Waals surface area contributed by atoms with Crippen LogP contribution in [0.25, 0.3) is 10.8 Å². The Morgan fingerprint density at radius 1 is 1.22 bits per heavy atom. The van der Waals surface area contributed by atoms with E-state index in [0.29, 0.717) is 6.54 Å². The number of nitrogens with two attached hydrogens (primary N) is 1. The van der Waals surface area contributed by atoms with Crippen molar-refractivity contribution in [2.24, 2.45) is 5.73 Å². The van der Waals surface area contributed by atoms with Crippen LogP contribution in [0.2, 0.25) is 0 Å². The predicted octanol–water partition coefficient (Wildman–Crippen LogP) is 1.34. The van der Waals surface area contributed by atoms with Crippen LogP contribution in [-0.4, -0.2) is 23.7 Å². The van der Waals surface area contributed by atoms with Crippen molar-refractivity contribution >= 4 is 16.7 Å². The van der Waals surface area contributed by atoms with E-state index >= 15 is 0 Å². The number of hydrogen-bond donors (Lipinski definition) is 3. The van der Waals surface area contributed by atoms with E-state index in [2.05, 4.69) is 23.5 Å². The highest BCUT2D eigenvalue weighted by molar-refractivity contribution is 5.85. The molecule has 2 rings (SSSR count). The maximum Gasteiger partial charge on any atom is 0.321 e. The molecule has 0 aromatic heterocycles. The van der Waals surface area contributed by atoms with Crippen LogP contribution in [0.5, 0.6) is 0 Å². The van der Waals surface area contributed by atoms with Crippen LogP contribution >= 0.6 is 0 Å². The Morgan fingerprint density at radius 2 is 1.94 bits per heavy atom. The Morgan fingerprint density at radius 3 is 2.72 bits per heavy atom. The number of carboxylic acid groups (broad SMARTS) is 1. The topological polar surface area (TPSA) is 75.3 Å². The number of nitrogens with one attached hydrogen (secondary N) is 1. The number of aliphatic carboxylic acids is 1. The van der Waals surface area contributed by atoms with Crippen molar-refractivity contribution in [2.75, 3.05) is 6.54 Å². The first-order valence-electron chi connectivity index (χ1n) is 5.84. The van der Waals surface area contributed by atoms with Gasteiger partial charge < -0.3 is 16.2 Å². The summed E-state index contributed by atoms with van der Waals surface area (Å²) in [6.45, 7) is 0.876. The highest BCUT2D eigenvalue weighted by Crippen LogP contribution is 2.17. The van der Waals surface area contributed by atoms with Gasteiger partial charge in [0.1, 0.15) is 6.04 Å². The molecule has 0 bridgehead atoms. The van der Waals surface area contributed by atoms with Gasteiger partial charge in [-0.1, -0.05) is 42.5 Å². The number of carbonyl (C=O) groups is 1. The monoisotopic (exact) mass is 244 g/mol. The molecule has 1 unspecified atom stereocenters. The summed E-state index contributed by atoms with van der Waals surface area (Å²) in [5.74, 6) is -0.986. The van der Waals surface area contributed by atoms with E-state index in [1.807, 2.05) is 24.3 Å². The summed E-state index contributed by atoms with van der Waals surface area (Å²) in [5.41, 5.74) is 6.58. The van der Waals surface area contributed by atoms with Crippen molar-refractivity contribution in [1.82, 2.24) is 5.32 Å². The van der Waals surface area contributed by atoms with E-state index in [1.54, 1.807) is 0 Å². The molecule has 0 radical (unpaired) electrons. The molecule has 0 aliphatic heterocycles.